The fraction of sp³-hybridized carbons (Fsp3) is 0.286. The Kier molecular flexibility index (Phi) is 8.58. The fourth-order valence-electron chi connectivity index (χ4n) is 4.36. The number of para-hydroxylation sites is 1. The molecule has 0 aliphatic carbocycles. The maximum Gasteiger partial charge on any atom is 0.253 e. The molecule has 1 fully saturated rings. The number of methoxy groups -OCH3 is 1. The van der Waals surface area contributed by atoms with Crippen LogP contribution in [0.3, 0.4) is 0 Å². The third-order valence-electron chi connectivity index (χ3n) is 6.42. The van der Waals surface area contributed by atoms with Crippen LogP contribution in [0, 0.1) is 5.92 Å². The molecule has 194 valence electrons. The van der Waals surface area contributed by atoms with Crippen molar-refractivity contribution < 1.29 is 22.7 Å². The van der Waals surface area contributed by atoms with Gasteiger partial charge >= 0.3 is 0 Å². The van der Waals surface area contributed by atoms with Crippen molar-refractivity contribution in [1.82, 2.24) is 9.62 Å². The van der Waals surface area contributed by atoms with E-state index in [1.54, 1.807) is 36.4 Å². The monoisotopic (exact) mass is 521 g/mol. The van der Waals surface area contributed by atoms with Crippen LogP contribution in [0.15, 0.2) is 83.8 Å². The highest BCUT2D eigenvalue weighted by molar-refractivity contribution is 7.89. The molecule has 1 saturated heterocycles. The van der Waals surface area contributed by atoms with Gasteiger partial charge in [0.2, 0.25) is 15.9 Å². The highest BCUT2D eigenvalue weighted by atomic mass is 32.2. The van der Waals surface area contributed by atoms with E-state index in [1.165, 1.54) is 23.5 Å². The van der Waals surface area contributed by atoms with Gasteiger partial charge in [-0.15, -0.1) is 0 Å². The Morgan fingerprint density at radius 3 is 2.41 bits per heavy atom. The van der Waals surface area contributed by atoms with E-state index >= 15 is 0 Å². The number of piperidine rings is 1. The number of amides is 2. The second-order valence-electron chi connectivity index (χ2n) is 8.90. The fourth-order valence-corrected chi connectivity index (χ4v) is 5.88. The molecule has 3 aromatic carbocycles. The summed E-state index contributed by atoms with van der Waals surface area (Å²) in [5, 5.41) is 5.77. The van der Waals surface area contributed by atoms with Crippen LogP contribution in [-0.4, -0.2) is 51.3 Å². The quantitative estimate of drug-likeness (QED) is 0.447. The maximum absolute atomic E-state index is 13.2. The number of nitrogens with zero attached hydrogens (tertiary/aromatic N) is 1. The van der Waals surface area contributed by atoms with Crippen LogP contribution in [0.5, 0.6) is 5.75 Å². The molecule has 4 rings (SSSR count). The van der Waals surface area contributed by atoms with E-state index in [2.05, 4.69) is 10.6 Å². The lowest BCUT2D eigenvalue weighted by Crippen LogP contribution is -2.43. The molecule has 0 radical (unpaired) electrons. The molecular weight excluding hydrogens is 490 g/mol. The van der Waals surface area contributed by atoms with E-state index in [9.17, 15) is 18.0 Å². The molecule has 0 unspecified atom stereocenters. The first kappa shape index (κ1) is 26.4. The Morgan fingerprint density at radius 2 is 1.68 bits per heavy atom. The number of sulfonamides is 1. The summed E-state index contributed by atoms with van der Waals surface area (Å²) in [5.41, 5.74) is 1.89. The summed E-state index contributed by atoms with van der Waals surface area (Å²) in [5.74, 6) is -0.549. The second kappa shape index (κ2) is 12.0. The molecule has 2 amide bonds. The first-order chi connectivity index (χ1) is 17.9. The molecule has 0 aromatic heterocycles. The van der Waals surface area contributed by atoms with Gasteiger partial charge < -0.3 is 15.4 Å². The molecule has 9 heteroatoms. The van der Waals surface area contributed by atoms with E-state index in [4.69, 9.17) is 4.74 Å². The summed E-state index contributed by atoms with van der Waals surface area (Å²) in [4.78, 5) is 26.2. The number of rotatable bonds is 9. The average Bonchev–Trinajstić information content (AvgIpc) is 2.94. The summed E-state index contributed by atoms with van der Waals surface area (Å²) < 4.78 is 32.8. The summed E-state index contributed by atoms with van der Waals surface area (Å²) in [6, 6.07) is 22.9. The average molecular weight is 522 g/mol. The van der Waals surface area contributed by atoms with Crippen LogP contribution < -0.4 is 15.4 Å². The maximum atomic E-state index is 13.2. The van der Waals surface area contributed by atoms with E-state index in [0.29, 0.717) is 49.4 Å². The van der Waals surface area contributed by atoms with Crippen LogP contribution in [0.1, 0.15) is 28.8 Å². The Morgan fingerprint density at radius 1 is 0.973 bits per heavy atom. The molecule has 0 bridgehead atoms. The third kappa shape index (κ3) is 6.55. The molecule has 0 spiro atoms. The number of anilines is 1. The molecule has 37 heavy (non-hydrogen) atoms. The standard InChI is InChI=1S/C28H31N3O5S/c1-36-23-13-15-24(16-14-23)37(34,35)31-19-7-10-22(20-31)27(32)30-26-12-6-5-11-25(26)28(33)29-18-17-21-8-3-2-4-9-21/h2-6,8-9,11-16,22H,7,10,17-20H2,1H3,(H,29,33)(H,30,32)/t22-/m0/s1. The molecule has 0 saturated carbocycles. The predicted molar refractivity (Wildman–Crippen MR) is 142 cm³/mol. The Labute approximate surface area is 217 Å². The lowest BCUT2D eigenvalue weighted by atomic mass is 9.98. The van der Waals surface area contributed by atoms with Crippen molar-refractivity contribution in [3.8, 4) is 5.75 Å². The molecular formula is C28H31N3O5S. The van der Waals surface area contributed by atoms with Gasteiger partial charge in [0.15, 0.2) is 0 Å². The minimum atomic E-state index is -3.75. The van der Waals surface area contributed by atoms with Gasteiger partial charge in [-0.3, -0.25) is 9.59 Å². The Hall–Kier alpha value is -3.69. The van der Waals surface area contributed by atoms with Crippen LogP contribution >= 0.6 is 0 Å². The van der Waals surface area contributed by atoms with Gasteiger partial charge in [0.1, 0.15) is 5.75 Å². The van der Waals surface area contributed by atoms with Gasteiger partial charge in [-0.05, 0) is 61.2 Å². The molecule has 8 nitrogen and oxygen atoms in total. The van der Waals surface area contributed by atoms with Crippen molar-refractivity contribution >= 4 is 27.5 Å². The van der Waals surface area contributed by atoms with Crippen molar-refractivity contribution in [3.63, 3.8) is 0 Å². The van der Waals surface area contributed by atoms with E-state index < -0.39 is 15.9 Å². The lowest BCUT2D eigenvalue weighted by Gasteiger charge is -2.31. The van der Waals surface area contributed by atoms with Crippen LogP contribution in [-0.2, 0) is 21.2 Å². The van der Waals surface area contributed by atoms with Crippen LogP contribution in [0.4, 0.5) is 5.69 Å². The summed E-state index contributed by atoms with van der Waals surface area (Å²) >= 11 is 0. The highest BCUT2D eigenvalue weighted by Gasteiger charge is 2.33. The summed E-state index contributed by atoms with van der Waals surface area (Å²) in [6.07, 6.45) is 1.82. The zero-order valence-corrected chi connectivity index (χ0v) is 21.5. The van der Waals surface area contributed by atoms with Crippen molar-refractivity contribution in [1.29, 1.82) is 0 Å². The zero-order chi connectivity index (χ0) is 26.3. The van der Waals surface area contributed by atoms with Gasteiger partial charge in [0, 0.05) is 19.6 Å². The van der Waals surface area contributed by atoms with Gasteiger partial charge in [-0.1, -0.05) is 42.5 Å². The second-order valence-corrected chi connectivity index (χ2v) is 10.8. The molecule has 1 aliphatic heterocycles. The van der Waals surface area contributed by atoms with Gasteiger partial charge in [0.25, 0.3) is 5.91 Å². The van der Waals surface area contributed by atoms with E-state index in [0.717, 1.165) is 5.56 Å². The lowest BCUT2D eigenvalue weighted by molar-refractivity contribution is -0.120. The number of carbonyl (C=O) groups is 2. The van der Waals surface area contributed by atoms with Gasteiger partial charge in [-0.25, -0.2) is 8.42 Å². The van der Waals surface area contributed by atoms with Crippen LogP contribution in [0.25, 0.3) is 0 Å². The summed E-state index contributed by atoms with van der Waals surface area (Å²) in [7, 11) is -2.23. The Balaban J connectivity index is 1.39. The number of carbonyl (C=O) groups excluding carboxylic acids is 2. The molecule has 1 atom stereocenters. The van der Waals surface area contributed by atoms with Crippen molar-refractivity contribution in [3.05, 3.63) is 90.0 Å². The largest absolute Gasteiger partial charge is 0.497 e. The van der Waals surface area contributed by atoms with Crippen molar-refractivity contribution in [2.24, 2.45) is 5.92 Å². The third-order valence-corrected chi connectivity index (χ3v) is 8.30. The zero-order valence-electron chi connectivity index (χ0n) is 20.7. The SMILES string of the molecule is COc1ccc(S(=O)(=O)N2CCC[C@H](C(=O)Nc3ccccc3C(=O)NCCc3ccccc3)C2)cc1. The van der Waals surface area contributed by atoms with Crippen molar-refractivity contribution in [2.75, 3.05) is 32.1 Å². The smallest absolute Gasteiger partial charge is 0.253 e. The number of benzene rings is 3. The van der Waals surface area contributed by atoms with E-state index in [1.807, 2.05) is 30.3 Å². The topological polar surface area (TPSA) is 105 Å². The number of hydrogen-bond donors (Lipinski definition) is 2. The minimum Gasteiger partial charge on any atom is -0.497 e. The number of ether oxygens (including phenoxy) is 1. The van der Waals surface area contributed by atoms with Gasteiger partial charge in [-0.2, -0.15) is 4.31 Å². The molecule has 2 N–H and O–H groups in total. The first-order valence-electron chi connectivity index (χ1n) is 12.2. The molecule has 3 aromatic rings. The normalized spacial score (nSPS) is 16.1. The molecule has 1 heterocycles. The number of hydrogen-bond acceptors (Lipinski definition) is 5. The number of nitrogens with one attached hydrogen (secondary N) is 2. The minimum absolute atomic E-state index is 0.0750. The summed E-state index contributed by atoms with van der Waals surface area (Å²) in [6.45, 7) is 0.885. The van der Waals surface area contributed by atoms with E-state index in [-0.39, 0.29) is 23.3 Å². The van der Waals surface area contributed by atoms with Crippen LogP contribution in [0.2, 0.25) is 0 Å². The van der Waals surface area contributed by atoms with Gasteiger partial charge in [0.05, 0.1) is 29.2 Å². The Bertz CT molecular complexity index is 1330. The first-order valence-corrected chi connectivity index (χ1v) is 13.7. The van der Waals surface area contributed by atoms with Crippen molar-refractivity contribution in [2.45, 2.75) is 24.2 Å². The molecule has 1 aliphatic rings. The predicted octanol–water partition coefficient (Wildman–Crippen LogP) is 3.71. The highest BCUT2D eigenvalue weighted by Crippen LogP contribution is 2.26.